The zero-order chi connectivity index (χ0) is 13.8. The van der Waals surface area contributed by atoms with Crippen LogP contribution in [0.15, 0.2) is 42.5 Å². The van der Waals surface area contributed by atoms with Crippen molar-refractivity contribution in [3.05, 3.63) is 53.8 Å². The van der Waals surface area contributed by atoms with E-state index in [1.165, 1.54) is 19.2 Å². The smallest absolute Gasteiger partial charge is 0.309 e. The highest BCUT2D eigenvalue weighted by atomic mass is 19.1. The number of phenolic OH excluding ortho intramolecular Hbond substituents is 1. The van der Waals surface area contributed by atoms with Crippen LogP contribution in [0, 0.1) is 5.82 Å². The maximum atomic E-state index is 13.7. The largest absolute Gasteiger partial charge is 0.508 e. The van der Waals surface area contributed by atoms with Crippen molar-refractivity contribution in [2.45, 2.75) is 6.42 Å². The van der Waals surface area contributed by atoms with Gasteiger partial charge in [0.25, 0.3) is 0 Å². The topological polar surface area (TPSA) is 46.5 Å². The molecule has 0 bridgehead atoms. The molecule has 0 radical (unpaired) electrons. The molecule has 0 aliphatic rings. The lowest BCUT2D eigenvalue weighted by Crippen LogP contribution is -2.04. The van der Waals surface area contributed by atoms with Crippen LogP contribution in [0.2, 0.25) is 0 Å². The molecule has 0 amide bonds. The molecule has 0 saturated carbocycles. The number of phenols is 1. The van der Waals surface area contributed by atoms with Gasteiger partial charge in [-0.2, -0.15) is 0 Å². The number of methoxy groups -OCH3 is 1. The minimum atomic E-state index is -0.504. The number of carbonyl (C=O) groups is 1. The third-order valence-electron chi connectivity index (χ3n) is 2.77. The molecule has 0 saturated heterocycles. The highest BCUT2D eigenvalue weighted by molar-refractivity contribution is 5.74. The van der Waals surface area contributed by atoms with Gasteiger partial charge >= 0.3 is 5.97 Å². The van der Waals surface area contributed by atoms with Crippen LogP contribution in [0.5, 0.6) is 5.75 Å². The molecule has 0 heterocycles. The van der Waals surface area contributed by atoms with Gasteiger partial charge in [0.1, 0.15) is 11.6 Å². The Kier molecular flexibility index (Phi) is 3.80. The lowest BCUT2D eigenvalue weighted by atomic mass is 10.0. The summed E-state index contributed by atoms with van der Waals surface area (Å²) in [5.41, 5.74) is 1.78. The van der Waals surface area contributed by atoms with Gasteiger partial charge in [-0.15, -0.1) is 0 Å². The van der Waals surface area contributed by atoms with Crippen molar-refractivity contribution in [1.29, 1.82) is 0 Å². The standard InChI is InChI=1S/C15H13FO3/c1-19-15(18)8-10-3-2-4-11(7-10)13-6-5-12(17)9-14(13)16/h2-7,9,17H,8H2,1H3. The molecule has 2 rings (SSSR count). The van der Waals surface area contributed by atoms with Crippen molar-refractivity contribution in [2.24, 2.45) is 0 Å². The summed E-state index contributed by atoms with van der Waals surface area (Å²) >= 11 is 0. The predicted molar refractivity (Wildman–Crippen MR) is 69.2 cm³/mol. The maximum absolute atomic E-state index is 13.7. The molecule has 2 aromatic carbocycles. The highest BCUT2D eigenvalue weighted by Gasteiger charge is 2.08. The van der Waals surface area contributed by atoms with Gasteiger partial charge in [0, 0.05) is 11.6 Å². The number of aromatic hydroxyl groups is 1. The molecule has 4 heteroatoms. The molecule has 1 N–H and O–H groups in total. The van der Waals surface area contributed by atoms with Gasteiger partial charge in [-0.25, -0.2) is 4.39 Å². The number of halogens is 1. The van der Waals surface area contributed by atoms with Crippen molar-refractivity contribution in [2.75, 3.05) is 7.11 Å². The van der Waals surface area contributed by atoms with Crippen LogP contribution in [0.1, 0.15) is 5.56 Å². The number of rotatable bonds is 3. The maximum Gasteiger partial charge on any atom is 0.309 e. The Morgan fingerprint density at radius 3 is 2.74 bits per heavy atom. The third-order valence-corrected chi connectivity index (χ3v) is 2.77. The average Bonchev–Trinajstić information content (AvgIpc) is 2.39. The number of hydrogen-bond donors (Lipinski definition) is 1. The Hall–Kier alpha value is -2.36. The molecule has 0 spiro atoms. The van der Waals surface area contributed by atoms with E-state index >= 15 is 0 Å². The van der Waals surface area contributed by atoms with E-state index in [9.17, 15) is 14.3 Å². The highest BCUT2D eigenvalue weighted by Crippen LogP contribution is 2.26. The number of ether oxygens (including phenoxy) is 1. The molecule has 0 aliphatic carbocycles. The summed E-state index contributed by atoms with van der Waals surface area (Å²) in [4.78, 5) is 11.2. The SMILES string of the molecule is COC(=O)Cc1cccc(-c2ccc(O)cc2F)c1. The molecule has 3 nitrogen and oxygen atoms in total. The van der Waals surface area contributed by atoms with Gasteiger partial charge in [0.05, 0.1) is 13.5 Å². The lowest BCUT2D eigenvalue weighted by molar-refractivity contribution is -0.139. The molecule has 0 fully saturated rings. The van der Waals surface area contributed by atoms with Crippen LogP contribution < -0.4 is 0 Å². The second-order valence-corrected chi connectivity index (χ2v) is 4.12. The van der Waals surface area contributed by atoms with Crippen LogP contribution in [0.3, 0.4) is 0 Å². The summed E-state index contributed by atoms with van der Waals surface area (Å²) in [5.74, 6) is -0.967. The van der Waals surface area contributed by atoms with E-state index in [-0.39, 0.29) is 18.1 Å². The van der Waals surface area contributed by atoms with E-state index in [1.807, 2.05) is 0 Å². The van der Waals surface area contributed by atoms with Gasteiger partial charge in [-0.1, -0.05) is 24.3 Å². The summed E-state index contributed by atoms with van der Waals surface area (Å²) in [6.07, 6.45) is 0.143. The molecule has 0 aliphatic heterocycles. The third kappa shape index (κ3) is 3.10. The Morgan fingerprint density at radius 2 is 2.05 bits per heavy atom. The lowest BCUT2D eigenvalue weighted by Gasteiger charge is -2.06. The average molecular weight is 260 g/mol. The summed E-state index contributed by atoms with van der Waals surface area (Å²) in [6, 6.07) is 11.0. The van der Waals surface area contributed by atoms with Crippen molar-refractivity contribution in [3.8, 4) is 16.9 Å². The first-order valence-corrected chi connectivity index (χ1v) is 5.75. The summed E-state index contributed by atoms with van der Waals surface area (Å²) in [5, 5.41) is 9.19. The van der Waals surface area contributed by atoms with E-state index < -0.39 is 5.82 Å². The fourth-order valence-electron chi connectivity index (χ4n) is 1.83. The van der Waals surface area contributed by atoms with Gasteiger partial charge in [-0.05, 0) is 23.3 Å². The first-order valence-electron chi connectivity index (χ1n) is 5.75. The van der Waals surface area contributed by atoms with E-state index in [2.05, 4.69) is 4.74 Å². The van der Waals surface area contributed by atoms with Crippen LogP contribution in [-0.4, -0.2) is 18.2 Å². The van der Waals surface area contributed by atoms with Crippen LogP contribution >= 0.6 is 0 Å². The van der Waals surface area contributed by atoms with E-state index in [0.29, 0.717) is 11.1 Å². The molecule has 98 valence electrons. The number of carbonyl (C=O) groups excluding carboxylic acids is 1. The van der Waals surface area contributed by atoms with Crippen molar-refractivity contribution < 1.29 is 19.0 Å². The fraction of sp³-hybridized carbons (Fsp3) is 0.133. The Bertz CT molecular complexity index is 608. The predicted octanol–water partition coefficient (Wildman–Crippen LogP) is 2.91. The van der Waals surface area contributed by atoms with Crippen molar-refractivity contribution in [1.82, 2.24) is 0 Å². The number of hydrogen-bond acceptors (Lipinski definition) is 3. The summed E-state index contributed by atoms with van der Waals surface area (Å²) in [6.45, 7) is 0. The Labute approximate surface area is 110 Å². The first-order chi connectivity index (χ1) is 9.10. The van der Waals surface area contributed by atoms with E-state index in [0.717, 1.165) is 11.6 Å². The molecular formula is C15H13FO3. The van der Waals surface area contributed by atoms with Crippen molar-refractivity contribution in [3.63, 3.8) is 0 Å². The van der Waals surface area contributed by atoms with Crippen LogP contribution in [-0.2, 0) is 16.0 Å². The molecular weight excluding hydrogens is 247 g/mol. The van der Waals surface area contributed by atoms with Gasteiger partial charge < -0.3 is 9.84 Å². The second kappa shape index (κ2) is 5.52. The van der Waals surface area contributed by atoms with Crippen molar-refractivity contribution >= 4 is 5.97 Å². The monoisotopic (exact) mass is 260 g/mol. The number of benzene rings is 2. The summed E-state index contributed by atoms with van der Waals surface area (Å²) in [7, 11) is 1.33. The van der Waals surface area contributed by atoms with E-state index in [1.54, 1.807) is 24.3 Å². The molecule has 0 aromatic heterocycles. The zero-order valence-electron chi connectivity index (χ0n) is 10.4. The zero-order valence-corrected chi connectivity index (χ0v) is 10.4. The molecule has 19 heavy (non-hydrogen) atoms. The summed E-state index contributed by atoms with van der Waals surface area (Å²) < 4.78 is 18.3. The van der Waals surface area contributed by atoms with Crippen LogP contribution in [0.25, 0.3) is 11.1 Å². The minimum absolute atomic E-state index is 0.119. The molecule has 0 atom stereocenters. The second-order valence-electron chi connectivity index (χ2n) is 4.12. The van der Waals surface area contributed by atoms with Gasteiger partial charge in [-0.3, -0.25) is 4.79 Å². The first kappa shape index (κ1) is 13.1. The number of esters is 1. The quantitative estimate of drug-likeness (QED) is 0.863. The van der Waals surface area contributed by atoms with Gasteiger partial charge in [0.2, 0.25) is 0 Å². The molecule has 2 aromatic rings. The van der Waals surface area contributed by atoms with Crippen LogP contribution in [0.4, 0.5) is 4.39 Å². The minimum Gasteiger partial charge on any atom is -0.508 e. The Balaban J connectivity index is 2.35. The fourth-order valence-corrected chi connectivity index (χ4v) is 1.83. The van der Waals surface area contributed by atoms with E-state index in [4.69, 9.17) is 0 Å². The van der Waals surface area contributed by atoms with Gasteiger partial charge in [0.15, 0.2) is 0 Å². The molecule has 0 unspecified atom stereocenters. The normalized spacial score (nSPS) is 10.2. The Morgan fingerprint density at radius 1 is 1.26 bits per heavy atom.